The van der Waals surface area contributed by atoms with Crippen molar-refractivity contribution >= 4 is 29.6 Å². The van der Waals surface area contributed by atoms with Crippen molar-refractivity contribution in [2.75, 3.05) is 6.61 Å². The number of hydrogen-bond donors (Lipinski definition) is 0. The Labute approximate surface area is 159 Å². The maximum Gasteiger partial charge on any atom is 0.237 e. The van der Waals surface area contributed by atoms with Crippen LogP contribution in [-0.2, 0) is 0 Å². The molecule has 0 aromatic heterocycles. The lowest BCUT2D eigenvalue weighted by Crippen LogP contribution is -2.13. The van der Waals surface area contributed by atoms with Gasteiger partial charge in [-0.15, -0.1) is 0 Å². The van der Waals surface area contributed by atoms with E-state index < -0.39 is 7.42 Å². The summed E-state index contributed by atoms with van der Waals surface area (Å²) in [4.78, 5) is 0. The summed E-state index contributed by atoms with van der Waals surface area (Å²) in [6.45, 7) is 3.09. The molecule has 0 radical (unpaired) electrons. The SMILES string of the molecule is CCCC1CCC(c2ccc(OCCCCC[SiH](Cl)Cl)cc2)CC1. The van der Waals surface area contributed by atoms with Gasteiger partial charge in [0.05, 0.1) is 6.61 Å². The molecule has 1 aliphatic rings. The minimum absolute atomic E-state index is 0.760. The molecule has 0 amide bonds. The van der Waals surface area contributed by atoms with Crippen LogP contribution in [0.25, 0.3) is 0 Å². The van der Waals surface area contributed by atoms with Crippen molar-refractivity contribution in [2.45, 2.75) is 76.7 Å². The molecule has 136 valence electrons. The monoisotopic (exact) mass is 386 g/mol. The van der Waals surface area contributed by atoms with Gasteiger partial charge in [-0.25, -0.2) is 0 Å². The normalized spacial score (nSPS) is 21.2. The van der Waals surface area contributed by atoms with Crippen LogP contribution in [-0.4, -0.2) is 14.0 Å². The van der Waals surface area contributed by atoms with Gasteiger partial charge in [-0.2, -0.15) is 22.2 Å². The first-order valence-electron chi connectivity index (χ1n) is 9.70. The quantitative estimate of drug-likeness (QED) is 0.238. The Morgan fingerprint density at radius 1 is 1.00 bits per heavy atom. The molecule has 1 nitrogen and oxygen atoms in total. The third-order valence-corrected chi connectivity index (χ3v) is 7.38. The predicted octanol–water partition coefficient (Wildman–Crippen LogP) is 7.01. The molecule has 0 aliphatic heterocycles. The third kappa shape index (κ3) is 7.37. The second-order valence-corrected chi connectivity index (χ2v) is 12.4. The molecule has 2 rings (SSSR count). The zero-order valence-electron chi connectivity index (χ0n) is 15.0. The molecule has 1 saturated carbocycles. The van der Waals surface area contributed by atoms with E-state index in [9.17, 15) is 0 Å². The van der Waals surface area contributed by atoms with E-state index in [1.165, 1.54) is 44.1 Å². The van der Waals surface area contributed by atoms with E-state index in [1.807, 2.05) is 0 Å². The maximum atomic E-state index is 5.86. The first-order chi connectivity index (χ1) is 11.7. The van der Waals surface area contributed by atoms with Crippen molar-refractivity contribution in [3.05, 3.63) is 29.8 Å². The number of ether oxygens (including phenoxy) is 1. The Morgan fingerprint density at radius 3 is 2.33 bits per heavy atom. The first kappa shape index (κ1) is 20.1. The van der Waals surface area contributed by atoms with Crippen LogP contribution >= 0.6 is 22.2 Å². The molecular weight excluding hydrogens is 355 g/mol. The highest BCUT2D eigenvalue weighted by atomic mass is 35.7. The smallest absolute Gasteiger partial charge is 0.237 e. The summed E-state index contributed by atoms with van der Waals surface area (Å²) in [5.74, 6) is 2.74. The van der Waals surface area contributed by atoms with Gasteiger partial charge in [0.25, 0.3) is 0 Å². The molecule has 0 bridgehead atoms. The van der Waals surface area contributed by atoms with Crippen molar-refractivity contribution in [1.29, 1.82) is 0 Å². The fraction of sp³-hybridized carbons (Fsp3) is 0.700. The summed E-state index contributed by atoms with van der Waals surface area (Å²) in [5, 5.41) is 0. The van der Waals surface area contributed by atoms with Gasteiger partial charge >= 0.3 is 0 Å². The van der Waals surface area contributed by atoms with Gasteiger partial charge in [0.1, 0.15) is 5.75 Å². The van der Waals surface area contributed by atoms with Crippen molar-refractivity contribution in [3.8, 4) is 5.75 Å². The molecule has 0 saturated heterocycles. The average molecular weight is 387 g/mol. The molecule has 0 N–H and O–H groups in total. The van der Waals surface area contributed by atoms with Crippen molar-refractivity contribution in [1.82, 2.24) is 0 Å². The highest BCUT2D eigenvalue weighted by Gasteiger charge is 2.21. The highest BCUT2D eigenvalue weighted by molar-refractivity contribution is 7.33. The molecule has 0 spiro atoms. The van der Waals surface area contributed by atoms with Gasteiger partial charge in [-0.1, -0.05) is 44.7 Å². The molecule has 4 heteroatoms. The third-order valence-electron chi connectivity index (χ3n) is 5.23. The molecule has 1 aliphatic carbocycles. The fourth-order valence-corrected chi connectivity index (χ4v) is 5.32. The van der Waals surface area contributed by atoms with E-state index in [0.29, 0.717) is 0 Å². The zero-order chi connectivity index (χ0) is 17.2. The van der Waals surface area contributed by atoms with Gasteiger partial charge in [0.2, 0.25) is 7.42 Å². The van der Waals surface area contributed by atoms with Gasteiger partial charge in [0.15, 0.2) is 0 Å². The molecule has 1 aromatic carbocycles. The van der Waals surface area contributed by atoms with Gasteiger partial charge in [0, 0.05) is 0 Å². The Morgan fingerprint density at radius 2 is 1.71 bits per heavy atom. The number of benzene rings is 1. The van der Waals surface area contributed by atoms with Crippen LogP contribution in [0, 0.1) is 5.92 Å². The molecule has 1 fully saturated rings. The van der Waals surface area contributed by atoms with Crippen LogP contribution in [0.3, 0.4) is 0 Å². The number of halogens is 2. The minimum Gasteiger partial charge on any atom is -0.494 e. The van der Waals surface area contributed by atoms with Crippen molar-refractivity contribution < 1.29 is 4.74 Å². The number of hydrogen-bond acceptors (Lipinski definition) is 1. The van der Waals surface area contributed by atoms with Crippen LogP contribution in [0.1, 0.15) is 76.2 Å². The zero-order valence-corrected chi connectivity index (χ0v) is 17.7. The number of unbranched alkanes of at least 4 members (excludes halogenated alkanes) is 2. The predicted molar refractivity (Wildman–Crippen MR) is 109 cm³/mol. The maximum absolute atomic E-state index is 5.86. The Hall–Kier alpha value is -0.183. The minimum atomic E-state index is -1.41. The Bertz CT molecular complexity index is 441. The lowest BCUT2D eigenvalue weighted by atomic mass is 9.77. The van der Waals surface area contributed by atoms with Crippen molar-refractivity contribution in [2.24, 2.45) is 5.92 Å². The molecule has 0 heterocycles. The Balaban J connectivity index is 1.66. The van der Waals surface area contributed by atoms with E-state index in [4.69, 9.17) is 26.9 Å². The van der Waals surface area contributed by atoms with Gasteiger partial charge in [-0.3, -0.25) is 0 Å². The standard InChI is InChI=1S/C20H32Cl2OSi/c1-2-6-17-7-9-18(10-8-17)19-11-13-20(14-12-19)23-15-4-3-5-16-24(21)22/h11-14,17-18,24H,2-10,15-16H2,1H3. The van der Waals surface area contributed by atoms with Gasteiger partial charge < -0.3 is 4.74 Å². The highest BCUT2D eigenvalue weighted by Crippen LogP contribution is 2.37. The van der Waals surface area contributed by atoms with Crippen molar-refractivity contribution in [3.63, 3.8) is 0 Å². The largest absolute Gasteiger partial charge is 0.494 e. The lowest BCUT2D eigenvalue weighted by Gasteiger charge is -2.28. The summed E-state index contributed by atoms with van der Waals surface area (Å²) in [6.07, 6.45) is 11.6. The first-order valence-corrected chi connectivity index (χ1v) is 14.0. The molecule has 0 atom stereocenters. The van der Waals surface area contributed by atoms with Crippen LogP contribution in [0.5, 0.6) is 5.75 Å². The van der Waals surface area contributed by atoms with E-state index in [1.54, 1.807) is 0 Å². The van der Waals surface area contributed by atoms with E-state index in [0.717, 1.165) is 49.5 Å². The van der Waals surface area contributed by atoms with Gasteiger partial charge in [-0.05, 0) is 67.7 Å². The summed E-state index contributed by atoms with van der Waals surface area (Å²) >= 11 is 11.7. The van der Waals surface area contributed by atoms with Crippen LogP contribution < -0.4 is 4.74 Å². The summed E-state index contributed by atoms with van der Waals surface area (Å²) in [5.41, 5.74) is 1.50. The van der Waals surface area contributed by atoms with Crippen LogP contribution in [0.2, 0.25) is 6.04 Å². The van der Waals surface area contributed by atoms with E-state index in [-0.39, 0.29) is 0 Å². The second-order valence-electron chi connectivity index (χ2n) is 7.16. The summed E-state index contributed by atoms with van der Waals surface area (Å²) in [6, 6.07) is 9.86. The van der Waals surface area contributed by atoms with E-state index in [2.05, 4.69) is 31.2 Å². The van der Waals surface area contributed by atoms with E-state index >= 15 is 0 Å². The molecular formula is C20H32Cl2OSi. The van der Waals surface area contributed by atoms with Crippen LogP contribution in [0.4, 0.5) is 0 Å². The van der Waals surface area contributed by atoms with Crippen LogP contribution in [0.15, 0.2) is 24.3 Å². The molecule has 24 heavy (non-hydrogen) atoms. The number of rotatable bonds is 10. The molecule has 1 aromatic rings. The average Bonchev–Trinajstić information content (AvgIpc) is 2.59. The lowest BCUT2D eigenvalue weighted by molar-refractivity contribution is 0.303. The fourth-order valence-electron chi connectivity index (χ4n) is 3.80. The topological polar surface area (TPSA) is 9.23 Å². The summed E-state index contributed by atoms with van der Waals surface area (Å²) in [7, 11) is -1.41. The Kier molecular flexibility index (Phi) is 9.59. The molecule has 0 unspecified atom stereocenters. The summed E-state index contributed by atoms with van der Waals surface area (Å²) < 4.78 is 5.85. The second kappa shape index (κ2) is 11.4.